The molecule has 0 aromatic heterocycles. The van der Waals surface area contributed by atoms with E-state index in [0.29, 0.717) is 25.2 Å². The van der Waals surface area contributed by atoms with Crippen LogP contribution in [0.2, 0.25) is 5.02 Å². The molecule has 1 aliphatic rings. The molecule has 0 bridgehead atoms. The fourth-order valence-electron chi connectivity index (χ4n) is 4.52. The first-order valence-corrected chi connectivity index (χ1v) is 13.8. The molecule has 0 N–H and O–H groups in total. The number of halogens is 1. The average Bonchev–Trinajstić information content (AvgIpc) is 2.97. The van der Waals surface area contributed by atoms with E-state index >= 15 is 0 Å². The molecule has 0 unspecified atom stereocenters. The van der Waals surface area contributed by atoms with Crippen LogP contribution in [-0.4, -0.2) is 61.1 Å². The molecule has 4 rings (SSSR count). The van der Waals surface area contributed by atoms with Crippen molar-refractivity contribution in [3.05, 3.63) is 101 Å². The molecule has 0 aliphatic carbocycles. The SMILES string of the molecule is CCCCN(C(=O)OCc1ccccc1)c1ccc(C(=O)N2CCN(CCc3ccc(Cl)cc3)CC2)cc1. The Hall–Kier alpha value is -3.35. The molecular weight excluding hydrogens is 498 g/mol. The smallest absolute Gasteiger partial charge is 0.414 e. The van der Waals surface area contributed by atoms with E-state index in [1.807, 2.05) is 71.6 Å². The zero-order chi connectivity index (χ0) is 26.7. The van der Waals surface area contributed by atoms with Gasteiger partial charge < -0.3 is 9.64 Å². The van der Waals surface area contributed by atoms with Gasteiger partial charge in [0.1, 0.15) is 6.61 Å². The van der Waals surface area contributed by atoms with Crippen LogP contribution in [0.1, 0.15) is 41.3 Å². The lowest BCUT2D eigenvalue weighted by Crippen LogP contribution is -2.49. The van der Waals surface area contributed by atoms with E-state index in [0.717, 1.165) is 55.2 Å². The molecule has 1 fully saturated rings. The minimum absolute atomic E-state index is 0.0284. The number of carbonyl (C=O) groups excluding carboxylic acids is 2. The Labute approximate surface area is 230 Å². The molecule has 1 saturated heterocycles. The molecule has 7 heteroatoms. The van der Waals surface area contributed by atoms with Crippen molar-refractivity contribution in [3.63, 3.8) is 0 Å². The van der Waals surface area contributed by atoms with E-state index in [2.05, 4.69) is 24.0 Å². The first-order chi connectivity index (χ1) is 18.5. The van der Waals surface area contributed by atoms with Gasteiger partial charge in [0.15, 0.2) is 0 Å². The van der Waals surface area contributed by atoms with Crippen molar-refractivity contribution in [2.45, 2.75) is 32.8 Å². The molecule has 1 heterocycles. The van der Waals surface area contributed by atoms with Gasteiger partial charge in [0.25, 0.3) is 5.91 Å². The summed E-state index contributed by atoms with van der Waals surface area (Å²) in [5.41, 5.74) is 3.59. The Morgan fingerprint density at radius 3 is 2.21 bits per heavy atom. The van der Waals surface area contributed by atoms with Crippen LogP contribution in [0.3, 0.4) is 0 Å². The van der Waals surface area contributed by atoms with Gasteiger partial charge in [-0.05, 0) is 60.4 Å². The normalized spacial score (nSPS) is 13.8. The highest BCUT2D eigenvalue weighted by atomic mass is 35.5. The van der Waals surface area contributed by atoms with Crippen molar-refractivity contribution in [1.29, 1.82) is 0 Å². The molecule has 200 valence electrons. The summed E-state index contributed by atoms with van der Waals surface area (Å²) in [4.78, 5) is 32.0. The number of rotatable bonds is 10. The van der Waals surface area contributed by atoms with Gasteiger partial charge in [-0.2, -0.15) is 0 Å². The third kappa shape index (κ3) is 7.83. The van der Waals surface area contributed by atoms with E-state index in [1.165, 1.54) is 5.56 Å². The molecule has 0 radical (unpaired) electrons. The number of hydrogen-bond donors (Lipinski definition) is 0. The maximum Gasteiger partial charge on any atom is 0.414 e. The van der Waals surface area contributed by atoms with Gasteiger partial charge in [-0.1, -0.05) is 67.4 Å². The average molecular weight is 534 g/mol. The molecule has 0 saturated carbocycles. The predicted octanol–water partition coefficient (Wildman–Crippen LogP) is 6.28. The lowest BCUT2D eigenvalue weighted by molar-refractivity contribution is 0.0638. The summed E-state index contributed by atoms with van der Waals surface area (Å²) < 4.78 is 5.58. The number of anilines is 1. The zero-order valence-corrected chi connectivity index (χ0v) is 22.8. The standard InChI is InChI=1S/C31H36ClN3O3/c1-2-3-18-35(31(37)38-24-26-7-5-4-6-8-26)29-15-11-27(12-16-29)30(36)34-22-20-33(21-23-34)19-17-25-9-13-28(32)14-10-25/h4-16H,2-3,17-24H2,1H3. The van der Waals surface area contributed by atoms with E-state index < -0.39 is 0 Å². The Kier molecular flexibility index (Phi) is 10.2. The minimum Gasteiger partial charge on any atom is -0.444 e. The monoisotopic (exact) mass is 533 g/mol. The third-order valence-corrected chi connectivity index (χ3v) is 7.13. The van der Waals surface area contributed by atoms with Gasteiger partial charge in [0.05, 0.1) is 0 Å². The molecule has 38 heavy (non-hydrogen) atoms. The molecule has 3 aromatic carbocycles. The summed E-state index contributed by atoms with van der Waals surface area (Å²) in [5.74, 6) is 0.0284. The summed E-state index contributed by atoms with van der Waals surface area (Å²) in [7, 11) is 0. The quantitative estimate of drug-likeness (QED) is 0.307. The molecule has 6 nitrogen and oxygen atoms in total. The summed E-state index contributed by atoms with van der Waals surface area (Å²) in [6.07, 6.45) is 2.42. The molecule has 1 aliphatic heterocycles. The fraction of sp³-hybridized carbons (Fsp3) is 0.355. The number of unbranched alkanes of at least 4 members (excludes halogenated alkanes) is 1. The highest BCUT2D eigenvalue weighted by molar-refractivity contribution is 6.30. The maximum atomic E-state index is 13.2. The van der Waals surface area contributed by atoms with Gasteiger partial charge in [-0.25, -0.2) is 4.79 Å². The molecular formula is C31H36ClN3O3. The van der Waals surface area contributed by atoms with E-state index in [-0.39, 0.29) is 18.6 Å². The number of amides is 2. The topological polar surface area (TPSA) is 53.1 Å². The number of carbonyl (C=O) groups is 2. The second kappa shape index (κ2) is 14.0. The third-order valence-electron chi connectivity index (χ3n) is 6.88. The van der Waals surface area contributed by atoms with Crippen LogP contribution in [0, 0.1) is 0 Å². The number of piperazine rings is 1. The second-order valence-electron chi connectivity index (χ2n) is 9.60. The van der Waals surface area contributed by atoms with E-state index in [9.17, 15) is 9.59 Å². The van der Waals surface area contributed by atoms with Gasteiger partial charge in [-0.3, -0.25) is 14.6 Å². The first kappa shape index (κ1) is 27.7. The van der Waals surface area contributed by atoms with Crippen LogP contribution in [0.5, 0.6) is 0 Å². The van der Waals surface area contributed by atoms with Crippen molar-refractivity contribution in [2.24, 2.45) is 0 Å². The largest absolute Gasteiger partial charge is 0.444 e. The fourth-order valence-corrected chi connectivity index (χ4v) is 4.64. The second-order valence-corrected chi connectivity index (χ2v) is 10.0. The molecule has 0 atom stereocenters. The van der Waals surface area contributed by atoms with Crippen molar-refractivity contribution < 1.29 is 14.3 Å². The minimum atomic E-state index is -0.379. The van der Waals surface area contributed by atoms with Crippen LogP contribution in [0.15, 0.2) is 78.9 Å². The van der Waals surface area contributed by atoms with Crippen molar-refractivity contribution in [2.75, 3.05) is 44.2 Å². The Morgan fingerprint density at radius 2 is 1.55 bits per heavy atom. The first-order valence-electron chi connectivity index (χ1n) is 13.4. The number of ether oxygens (including phenoxy) is 1. The zero-order valence-electron chi connectivity index (χ0n) is 22.0. The van der Waals surface area contributed by atoms with E-state index in [1.54, 1.807) is 4.90 Å². The Bertz CT molecular complexity index is 1160. The Balaban J connectivity index is 1.30. The van der Waals surface area contributed by atoms with E-state index in [4.69, 9.17) is 16.3 Å². The summed E-state index contributed by atoms with van der Waals surface area (Å²) >= 11 is 5.98. The maximum absolute atomic E-state index is 13.2. The molecule has 0 spiro atoms. The van der Waals surface area contributed by atoms with Gasteiger partial charge >= 0.3 is 6.09 Å². The molecule has 3 aromatic rings. The number of nitrogens with zero attached hydrogens (tertiary/aromatic N) is 3. The highest BCUT2D eigenvalue weighted by Gasteiger charge is 2.23. The van der Waals surface area contributed by atoms with Crippen LogP contribution >= 0.6 is 11.6 Å². The van der Waals surface area contributed by atoms with Gasteiger partial charge in [0.2, 0.25) is 0 Å². The van der Waals surface area contributed by atoms with Crippen molar-refractivity contribution >= 4 is 29.3 Å². The van der Waals surface area contributed by atoms with Crippen molar-refractivity contribution in [1.82, 2.24) is 9.80 Å². The number of hydrogen-bond acceptors (Lipinski definition) is 4. The summed E-state index contributed by atoms with van der Waals surface area (Å²) in [5, 5.41) is 0.755. The van der Waals surface area contributed by atoms with Crippen LogP contribution in [0.25, 0.3) is 0 Å². The Morgan fingerprint density at radius 1 is 0.868 bits per heavy atom. The van der Waals surface area contributed by atoms with Gasteiger partial charge in [0, 0.05) is 55.5 Å². The predicted molar refractivity (Wildman–Crippen MR) is 153 cm³/mol. The van der Waals surface area contributed by atoms with Crippen molar-refractivity contribution in [3.8, 4) is 0 Å². The molecule has 2 amide bonds. The van der Waals surface area contributed by atoms with Crippen LogP contribution in [0.4, 0.5) is 10.5 Å². The lowest BCUT2D eigenvalue weighted by Gasteiger charge is -2.35. The highest BCUT2D eigenvalue weighted by Crippen LogP contribution is 2.20. The van der Waals surface area contributed by atoms with Gasteiger partial charge in [-0.15, -0.1) is 0 Å². The lowest BCUT2D eigenvalue weighted by atomic mass is 10.1. The summed E-state index contributed by atoms with van der Waals surface area (Å²) in [6.45, 7) is 6.97. The van der Waals surface area contributed by atoms with Crippen LogP contribution < -0.4 is 4.90 Å². The van der Waals surface area contributed by atoms with Crippen LogP contribution in [-0.2, 0) is 17.8 Å². The number of benzene rings is 3. The summed E-state index contributed by atoms with van der Waals surface area (Å²) in [6, 6.07) is 25.0.